The van der Waals surface area contributed by atoms with Crippen molar-refractivity contribution in [3.8, 4) is 0 Å². The van der Waals surface area contributed by atoms with Crippen molar-refractivity contribution in [1.82, 2.24) is 9.97 Å². The second-order valence-electron chi connectivity index (χ2n) is 5.96. The minimum Gasteiger partial charge on any atom is -0.329 e. The molecule has 0 bridgehead atoms. The van der Waals surface area contributed by atoms with E-state index in [1.165, 1.54) is 4.90 Å². The summed E-state index contributed by atoms with van der Waals surface area (Å²) in [7, 11) is 1.55. The number of anilines is 4. The first kappa shape index (κ1) is 19.2. The van der Waals surface area contributed by atoms with Gasteiger partial charge in [0.2, 0.25) is 5.95 Å². The van der Waals surface area contributed by atoms with Crippen LogP contribution in [0.25, 0.3) is 0 Å². The highest BCUT2D eigenvalue weighted by Gasteiger charge is 2.36. The Bertz CT molecular complexity index is 925. The number of alkyl halides is 3. The first-order chi connectivity index (χ1) is 12.7. The fourth-order valence-electron chi connectivity index (χ4n) is 2.44. The highest BCUT2D eigenvalue weighted by atomic mass is 79.9. The summed E-state index contributed by atoms with van der Waals surface area (Å²) in [6, 6.07) is 14.3. The maximum atomic E-state index is 13.5. The van der Waals surface area contributed by atoms with Crippen LogP contribution in [0.1, 0.15) is 11.1 Å². The van der Waals surface area contributed by atoms with Crippen molar-refractivity contribution in [2.24, 2.45) is 0 Å². The predicted octanol–water partition coefficient (Wildman–Crippen LogP) is 6.08. The summed E-state index contributed by atoms with van der Waals surface area (Å²) < 4.78 is 41.3. The molecule has 140 valence electrons. The summed E-state index contributed by atoms with van der Waals surface area (Å²) in [5, 5.41) is 2.93. The number of hydrogen-bond acceptors (Lipinski definition) is 4. The van der Waals surface area contributed by atoms with Gasteiger partial charge in [-0.15, -0.1) is 0 Å². The van der Waals surface area contributed by atoms with Crippen molar-refractivity contribution in [3.63, 3.8) is 0 Å². The lowest BCUT2D eigenvalue weighted by Crippen LogP contribution is -2.19. The molecule has 0 spiro atoms. The topological polar surface area (TPSA) is 41.1 Å². The third-order valence-corrected chi connectivity index (χ3v) is 4.44. The molecule has 0 fully saturated rings. The van der Waals surface area contributed by atoms with Crippen molar-refractivity contribution in [1.29, 1.82) is 0 Å². The van der Waals surface area contributed by atoms with Crippen LogP contribution in [0.3, 0.4) is 0 Å². The first-order valence-electron chi connectivity index (χ1n) is 8.01. The Kier molecular flexibility index (Phi) is 5.36. The molecular formula is C19H16BrF3N4. The van der Waals surface area contributed by atoms with Crippen molar-refractivity contribution < 1.29 is 13.2 Å². The fraction of sp³-hybridized carbons (Fsp3) is 0.158. The molecule has 2 aromatic carbocycles. The number of rotatable bonds is 4. The third-order valence-electron chi connectivity index (χ3n) is 3.91. The van der Waals surface area contributed by atoms with E-state index in [4.69, 9.17) is 0 Å². The van der Waals surface area contributed by atoms with Crippen molar-refractivity contribution in [2.45, 2.75) is 13.1 Å². The zero-order valence-corrected chi connectivity index (χ0v) is 16.1. The maximum absolute atomic E-state index is 13.5. The van der Waals surface area contributed by atoms with E-state index in [0.29, 0.717) is 11.4 Å². The monoisotopic (exact) mass is 436 g/mol. The lowest BCUT2D eigenvalue weighted by atomic mass is 10.2. The molecule has 0 aliphatic heterocycles. The third kappa shape index (κ3) is 4.57. The smallest absolute Gasteiger partial charge is 0.329 e. The van der Waals surface area contributed by atoms with Crippen LogP contribution in [0.15, 0.2) is 59.2 Å². The number of hydrogen-bond donors (Lipinski definition) is 1. The Labute approximate surface area is 163 Å². The van der Waals surface area contributed by atoms with Crippen molar-refractivity contribution in [2.75, 3.05) is 17.3 Å². The number of nitrogens with zero attached hydrogens (tertiary/aromatic N) is 3. The van der Waals surface area contributed by atoms with E-state index in [0.717, 1.165) is 16.2 Å². The number of aromatic nitrogens is 2. The van der Waals surface area contributed by atoms with Crippen LogP contribution >= 0.6 is 15.9 Å². The number of aryl methyl sites for hydroxylation is 1. The minimum atomic E-state index is -4.57. The molecule has 3 aromatic rings. The van der Waals surface area contributed by atoms with E-state index < -0.39 is 11.7 Å². The summed E-state index contributed by atoms with van der Waals surface area (Å²) >= 11 is 3.33. The van der Waals surface area contributed by atoms with E-state index in [-0.39, 0.29) is 11.8 Å². The van der Waals surface area contributed by atoms with Crippen LogP contribution < -0.4 is 10.2 Å². The van der Waals surface area contributed by atoms with Crippen molar-refractivity contribution in [3.05, 3.63) is 70.3 Å². The lowest BCUT2D eigenvalue weighted by molar-refractivity contribution is -0.137. The zero-order valence-electron chi connectivity index (χ0n) is 14.5. The Balaban J connectivity index is 2.00. The van der Waals surface area contributed by atoms with Gasteiger partial charge < -0.3 is 10.2 Å². The van der Waals surface area contributed by atoms with Gasteiger partial charge in [-0.2, -0.15) is 18.2 Å². The van der Waals surface area contributed by atoms with Crippen LogP contribution in [0.4, 0.5) is 36.3 Å². The summed E-state index contributed by atoms with van der Waals surface area (Å²) in [5.74, 6) is -0.139. The molecule has 0 radical (unpaired) electrons. The van der Waals surface area contributed by atoms with Gasteiger partial charge in [-0.25, -0.2) is 4.98 Å². The van der Waals surface area contributed by atoms with Crippen LogP contribution in [0, 0.1) is 6.92 Å². The second-order valence-corrected chi connectivity index (χ2v) is 6.87. The summed E-state index contributed by atoms with van der Waals surface area (Å²) in [5.41, 5.74) is 1.39. The number of halogens is 4. The van der Waals surface area contributed by atoms with Gasteiger partial charge in [0.05, 0.1) is 0 Å². The van der Waals surface area contributed by atoms with Gasteiger partial charge in [-0.05, 0) is 43.3 Å². The van der Waals surface area contributed by atoms with E-state index in [9.17, 15) is 13.2 Å². The van der Waals surface area contributed by atoms with Gasteiger partial charge in [0.25, 0.3) is 0 Å². The SMILES string of the molecule is Cc1ccc(N(C)c2nc(Nc3ccc(Br)cc3)ncc2C(F)(F)F)cc1. The predicted molar refractivity (Wildman–Crippen MR) is 104 cm³/mol. The highest BCUT2D eigenvalue weighted by molar-refractivity contribution is 9.10. The maximum Gasteiger partial charge on any atom is 0.421 e. The molecule has 4 nitrogen and oxygen atoms in total. The fourth-order valence-corrected chi connectivity index (χ4v) is 2.71. The van der Waals surface area contributed by atoms with Gasteiger partial charge in [0, 0.05) is 29.1 Å². The van der Waals surface area contributed by atoms with Crippen LogP contribution in [-0.2, 0) is 6.18 Å². The summed E-state index contributed by atoms with van der Waals surface area (Å²) in [6.45, 7) is 1.91. The minimum absolute atomic E-state index is 0.0827. The van der Waals surface area contributed by atoms with Crippen LogP contribution in [0.5, 0.6) is 0 Å². The molecule has 0 aliphatic rings. The average Bonchev–Trinajstić information content (AvgIpc) is 2.63. The van der Waals surface area contributed by atoms with Gasteiger partial charge >= 0.3 is 6.18 Å². The van der Waals surface area contributed by atoms with Gasteiger partial charge in [-0.1, -0.05) is 33.6 Å². The molecule has 0 aliphatic carbocycles. The standard InChI is InChI=1S/C19H16BrF3N4/c1-12-3-9-15(10-4-12)27(2)17-16(19(21,22)23)11-24-18(26-17)25-14-7-5-13(20)6-8-14/h3-11H,1-2H3,(H,24,25,26). The Morgan fingerprint density at radius 2 is 1.63 bits per heavy atom. The van der Waals surface area contributed by atoms with Crippen LogP contribution in [-0.4, -0.2) is 17.0 Å². The van der Waals surface area contributed by atoms with E-state index in [2.05, 4.69) is 31.2 Å². The van der Waals surface area contributed by atoms with Crippen LogP contribution in [0.2, 0.25) is 0 Å². The molecule has 0 saturated carbocycles. The first-order valence-corrected chi connectivity index (χ1v) is 8.80. The number of nitrogens with one attached hydrogen (secondary N) is 1. The Hall–Kier alpha value is -2.61. The molecule has 1 N–H and O–H groups in total. The van der Waals surface area contributed by atoms with Crippen molar-refractivity contribution >= 4 is 39.1 Å². The molecule has 3 rings (SSSR count). The molecule has 0 amide bonds. The lowest BCUT2D eigenvalue weighted by Gasteiger charge is -2.23. The Morgan fingerprint density at radius 3 is 2.22 bits per heavy atom. The molecule has 0 unspecified atom stereocenters. The molecule has 1 aromatic heterocycles. The summed E-state index contributed by atoms with van der Waals surface area (Å²) in [6.07, 6.45) is -3.77. The second kappa shape index (κ2) is 7.56. The van der Waals surface area contributed by atoms with Gasteiger partial charge in [0.1, 0.15) is 5.56 Å². The van der Waals surface area contributed by atoms with E-state index in [1.807, 2.05) is 31.2 Å². The largest absolute Gasteiger partial charge is 0.421 e. The molecule has 0 atom stereocenters. The van der Waals surface area contributed by atoms with E-state index in [1.54, 1.807) is 31.3 Å². The number of benzene rings is 2. The quantitative estimate of drug-likeness (QED) is 0.538. The summed E-state index contributed by atoms with van der Waals surface area (Å²) in [4.78, 5) is 9.36. The molecular weight excluding hydrogens is 421 g/mol. The molecule has 0 saturated heterocycles. The Morgan fingerprint density at radius 1 is 1.00 bits per heavy atom. The normalized spacial score (nSPS) is 11.3. The van der Waals surface area contributed by atoms with Gasteiger partial charge in [0.15, 0.2) is 5.82 Å². The van der Waals surface area contributed by atoms with Gasteiger partial charge in [-0.3, -0.25) is 0 Å². The average molecular weight is 437 g/mol. The van der Waals surface area contributed by atoms with E-state index >= 15 is 0 Å². The molecule has 8 heteroatoms. The zero-order chi connectivity index (χ0) is 19.6. The molecule has 1 heterocycles. The highest BCUT2D eigenvalue weighted by Crippen LogP contribution is 2.37. The molecule has 27 heavy (non-hydrogen) atoms.